The Hall–Kier alpha value is -2.43. The number of aromatic nitrogens is 3. The first-order chi connectivity index (χ1) is 9.20. The molecule has 19 heavy (non-hydrogen) atoms. The van der Waals surface area contributed by atoms with E-state index in [4.69, 9.17) is 0 Å². The molecule has 96 valence electrons. The van der Waals surface area contributed by atoms with Crippen molar-refractivity contribution in [3.05, 3.63) is 42.5 Å². The van der Waals surface area contributed by atoms with E-state index in [-0.39, 0.29) is 5.75 Å². The standard InChI is InChI=1S/C14H12FN3O/c1-2-18-12-5-6-16-8-11(12)17-14(18)10-7-9(15)3-4-13(10)19/h3-8,19H,2H2,1H3. The van der Waals surface area contributed by atoms with E-state index >= 15 is 0 Å². The molecule has 0 aliphatic carbocycles. The summed E-state index contributed by atoms with van der Waals surface area (Å²) in [5.41, 5.74) is 2.03. The van der Waals surface area contributed by atoms with Crippen LogP contribution in [0.1, 0.15) is 6.92 Å². The van der Waals surface area contributed by atoms with Crippen LogP contribution in [0.5, 0.6) is 5.75 Å². The van der Waals surface area contributed by atoms with Crippen molar-refractivity contribution in [2.75, 3.05) is 0 Å². The van der Waals surface area contributed by atoms with Crippen molar-refractivity contribution in [2.24, 2.45) is 0 Å². The number of hydrogen-bond donors (Lipinski definition) is 1. The molecule has 0 aliphatic rings. The monoisotopic (exact) mass is 257 g/mol. The summed E-state index contributed by atoms with van der Waals surface area (Å²) in [4.78, 5) is 8.45. The van der Waals surface area contributed by atoms with Gasteiger partial charge in [-0.2, -0.15) is 0 Å². The molecular weight excluding hydrogens is 245 g/mol. The van der Waals surface area contributed by atoms with E-state index in [1.54, 1.807) is 12.4 Å². The largest absolute Gasteiger partial charge is 0.507 e. The average molecular weight is 257 g/mol. The number of aryl methyl sites for hydroxylation is 1. The number of hydrogen-bond acceptors (Lipinski definition) is 3. The third kappa shape index (κ3) is 1.83. The number of pyridine rings is 1. The van der Waals surface area contributed by atoms with Gasteiger partial charge in [0.05, 0.1) is 17.3 Å². The molecule has 5 heteroatoms. The second-order valence-electron chi connectivity index (χ2n) is 4.21. The number of halogens is 1. The maximum absolute atomic E-state index is 13.4. The first-order valence-electron chi connectivity index (χ1n) is 6.00. The van der Waals surface area contributed by atoms with Crippen LogP contribution in [0.3, 0.4) is 0 Å². The third-order valence-electron chi connectivity index (χ3n) is 3.07. The molecule has 2 heterocycles. The Morgan fingerprint density at radius 2 is 2.16 bits per heavy atom. The Kier molecular flexibility index (Phi) is 2.67. The zero-order valence-corrected chi connectivity index (χ0v) is 10.3. The number of phenols is 1. The molecule has 3 aromatic rings. The van der Waals surface area contributed by atoms with Crippen molar-refractivity contribution in [1.82, 2.24) is 14.5 Å². The minimum absolute atomic E-state index is 0.0133. The topological polar surface area (TPSA) is 50.9 Å². The van der Waals surface area contributed by atoms with Gasteiger partial charge in [-0.1, -0.05) is 0 Å². The molecule has 2 aromatic heterocycles. The highest BCUT2D eigenvalue weighted by atomic mass is 19.1. The Bertz CT molecular complexity index is 752. The highest BCUT2D eigenvalue weighted by Gasteiger charge is 2.15. The average Bonchev–Trinajstić information content (AvgIpc) is 2.79. The maximum Gasteiger partial charge on any atom is 0.145 e. The second kappa shape index (κ2) is 4.35. The van der Waals surface area contributed by atoms with Crippen LogP contribution in [-0.2, 0) is 6.54 Å². The summed E-state index contributed by atoms with van der Waals surface area (Å²) in [5, 5.41) is 9.90. The summed E-state index contributed by atoms with van der Waals surface area (Å²) >= 11 is 0. The van der Waals surface area contributed by atoms with Crippen LogP contribution in [0.2, 0.25) is 0 Å². The molecule has 0 aliphatic heterocycles. The Morgan fingerprint density at radius 1 is 1.32 bits per heavy atom. The van der Waals surface area contributed by atoms with Gasteiger partial charge in [0.15, 0.2) is 0 Å². The second-order valence-corrected chi connectivity index (χ2v) is 4.21. The van der Waals surface area contributed by atoms with Crippen LogP contribution in [-0.4, -0.2) is 19.6 Å². The quantitative estimate of drug-likeness (QED) is 0.767. The van der Waals surface area contributed by atoms with Crippen LogP contribution in [0.15, 0.2) is 36.7 Å². The predicted molar refractivity (Wildman–Crippen MR) is 70.3 cm³/mol. The molecule has 0 saturated heterocycles. The van der Waals surface area contributed by atoms with Gasteiger partial charge in [-0.3, -0.25) is 4.98 Å². The van der Waals surface area contributed by atoms with Crippen molar-refractivity contribution in [3.63, 3.8) is 0 Å². The van der Waals surface area contributed by atoms with Crippen LogP contribution in [0.4, 0.5) is 4.39 Å². The van der Waals surface area contributed by atoms with Gasteiger partial charge in [0.2, 0.25) is 0 Å². The highest BCUT2D eigenvalue weighted by Crippen LogP contribution is 2.31. The highest BCUT2D eigenvalue weighted by molar-refractivity contribution is 5.81. The number of imidazole rings is 1. The van der Waals surface area contributed by atoms with E-state index in [2.05, 4.69) is 9.97 Å². The molecule has 0 bridgehead atoms. The molecular formula is C14H12FN3O. The normalized spacial score (nSPS) is 11.1. The van der Waals surface area contributed by atoms with Crippen LogP contribution >= 0.6 is 0 Å². The minimum Gasteiger partial charge on any atom is -0.507 e. The smallest absolute Gasteiger partial charge is 0.145 e. The van der Waals surface area contributed by atoms with Crippen LogP contribution < -0.4 is 0 Å². The van der Waals surface area contributed by atoms with Crippen molar-refractivity contribution < 1.29 is 9.50 Å². The van der Waals surface area contributed by atoms with Gasteiger partial charge in [0, 0.05) is 12.7 Å². The molecule has 0 spiro atoms. The molecule has 0 amide bonds. The number of phenolic OH excluding ortho intramolecular Hbond substituents is 1. The molecule has 0 fully saturated rings. The summed E-state index contributed by atoms with van der Waals surface area (Å²) < 4.78 is 15.3. The molecule has 3 rings (SSSR count). The Labute approximate surface area is 109 Å². The van der Waals surface area contributed by atoms with Gasteiger partial charge in [-0.25, -0.2) is 9.37 Å². The number of nitrogens with zero attached hydrogens (tertiary/aromatic N) is 3. The first kappa shape index (κ1) is 11.6. The van der Waals surface area contributed by atoms with Crippen molar-refractivity contribution in [1.29, 1.82) is 0 Å². The van der Waals surface area contributed by atoms with Crippen molar-refractivity contribution in [2.45, 2.75) is 13.5 Å². The lowest BCUT2D eigenvalue weighted by Crippen LogP contribution is -1.98. The Balaban J connectivity index is 2.33. The predicted octanol–water partition coefficient (Wildman–Crippen LogP) is 2.96. The SMILES string of the molecule is CCn1c(-c2cc(F)ccc2O)nc2cnccc21. The number of benzene rings is 1. The van der Waals surface area contributed by atoms with Gasteiger partial charge < -0.3 is 9.67 Å². The zero-order valence-electron chi connectivity index (χ0n) is 10.3. The fourth-order valence-corrected chi connectivity index (χ4v) is 2.19. The zero-order chi connectivity index (χ0) is 13.4. The van der Waals surface area contributed by atoms with E-state index < -0.39 is 5.82 Å². The first-order valence-corrected chi connectivity index (χ1v) is 6.00. The van der Waals surface area contributed by atoms with Gasteiger partial charge in [0.1, 0.15) is 22.9 Å². The van der Waals surface area contributed by atoms with Gasteiger partial charge >= 0.3 is 0 Å². The van der Waals surface area contributed by atoms with Gasteiger partial charge in [0.25, 0.3) is 0 Å². The summed E-state index contributed by atoms with van der Waals surface area (Å²) in [6.07, 6.45) is 3.34. The lowest BCUT2D eigenvalue weighted by atomic mass is 10.2. The molecule has 0 atom stereocenters. The van der Waals surface area contributed by atoms with Gasteiger partial charge in [-0.15, -0.1) is 0 Å². The molecule has 4 nitrogen and oxygen atoms in total. The number of rotatable bonds is 2. The molecule has 0 saturated carbocycles. The van der Waals surface area contributed by atoms with Gasteiger partial charge in [-0.05, 0) is 31.2 Å². The van der Waals surface area contributed by atoms with Crippen LogP contribution in [0.25, 0.3) is 22.4 Å². The summed E-state index contributed by atoms with van der Waals surface area (Å²) in [6, 6.07) is 5.70. The lowest BCUT2D eigenvalue weighted by Gasteiger charge is -2.07. The fraction of sp³-hybridized carbons (Fsp3) is 0.143. The number of fused-ring (bicyclic) bond motifs is 1. The summed E-state index contributed by atoms with van der Waals surface area (Å²) in [6.45, 7) is 2.65. The van der Waals surface area contributed by atoms with E-state index in [1.165, 1.54) is 18.2 Å². The minimum atomic E-state index is -0.402. The van der Waals surface area contributed by atoms with E-state index in [0.717, 1.165) is 11.0 Å². The third-order valence-corrected chi connectivity index (χ3v) is 3.07. The molecule has 1 N–H and O–H groups in total. The fourth-order valence-electron chi connectivity index (χ4n) is 2.19. The summed E-state index contributed by atoms with van der Waals surface area (Å²) in [5.74, 6) is 0.155. The molecule has 0 radical (unpaired) electrons. The van der Waals surface area contributed by atoms with Crippen molar-refractivity contribution in [3.8, 4) is 17.1 Å². The summed E-state index contributed by atoms with van der Waals surface area (Å²) in [7, 11) is 0. The van der Waals surface area contributed by atoms with E-state index in [0.29, 0.717) is 17.9 Å². The molecule has 0 unspecified atom stereocenters. The maximum atomic E-state index is 13.4. The van der Waals surface area contributed by atoms with Crippen molar-refractivity contribution >= 4 is 11.0 Å². The Morgan fingerprint density at radius 3 is 2.95 bits per heavy atom. The molecule has 1 aromatic carbocycles. The lowest BCUT2D eigenvalue weighted by molar-refractivity contribution is 0.474. The number of aromatic hydroxyl groups is 1. The van der Waals surface area contributed by atoms with Crippen LogP contribution in [0, 0.1) is 5.82 Å². The van der Waals surface area contributed by atoms with E-state index in [1.807, 2.05) is 17.6 Å². The van der Waals surface area contributed by atoms with E-state index in [9.17, 15) is 9.50 Å².